The summed E-state index contributed by atoms with van der Waals surface area (Å²) in [5.41, 5.74) is 1.60. The Morgan fingerprint density at radius 1 is 1.02 bits per heavy atom. The highest BCUT2D eigenvalue weighted by atomic mass is 35.5. The van der Waals surface area contributed by atoms with Gasteiger partial charge in [0, 0.05) is 28.7 Å². The molecule has 0 bridgehead atoms. The molecule has 0 spiro atoms. The Morgan fingerprint density at radius 3 is 2.47 bits per heavy atom. The van der Waals surface area contributed by atoms with Crippen LogP contribution < -0.4 is 30.7 Å². The smallest absolute Gasteiger partial charge is 0.407 e. The maximum Gasteiger partial charge on any atom is 0.407 e. The Morgan fingerprint density at radius 2 is 1.76 bits per heavy atom. The van der Waals surface area contributed by atoms with Crippen LogP contribution in [0.1, 0.15) is 29.0 Å². The summed E-state index contributed by atoms with van der Waals surface area (Å²) in [6, 6.07) is 14.4. The zero-order valence-electron chi connectivity index (χ0n) is 27.2. The van der Waals surface area contributed by atoms with Crippen molar-refractivity contribution in [3.8, 4) is 11.5 Å². The molecular formula is C34H35ClF4N4O8. The monoisotopic (exact) mass is 738 g/mol. The maximum absolute atomic E-state index is 15.3. The molecule has 0 aromatic heterocycles. The van der Waals surface area contributed by atoms with Gasteiger partial charge in [0.2, 0.25) is 12.7 Å². The number of carbonyl (C=O) groups is 3. The van der Waals surface area contributed by atoms with Crippen molar-refractivity contribution in [2.75, 3.05) is 45.5 Å². The highest BCUT2D eigenvalue weighted by molar-refractivity contribution is 6.30. The van der Waals surface area contributed by atoms with Crippen molar-refractivity contribution in [1.29, 1.82) is 0 Å². The summed E-state index contributed by atoms with van der Waals surface area (Å²) in [7, 11) is 1.17. The quantitative estimate of drug-likeness (QED) is 0.183. The molecule has 4 N–H and O–H groups in total. The van der Waals surface area contributed by atoms with Gasteiger partial charge in [0.1, 0.15) is 25.0 Å². The number of fused-ring (bicyclic) bond motifs is 1. The first-order valence-electron chi connectivity index (χ1n) is 15.8. The van der Waals surface area contributed by atoms with E-state index in [4.69, 9.17) is 35.3 Å². The van der Waals surface area contributed by atoms with E-state index in [-0.39, 0.29) is 44.2 Å². The molecule has 0 radical (unpaired) electrons. The van der Waals surface area contributed by atoms with Crippen LogP contribution in [0.25, 0.3) is 0 Å². The van der Waals surface area contributed by atoms with Crippen molar-refractivity contribution >= 4 is 35.4 Å². The molecule has 4 atom stereocenters. The average Bonchev–Trinajstić information content (AvgIpc) is 3.58. The highest BCUT2D eigenvalue weighted by Crippen LogP contribution is 2.38. The molecule has 51 heavy (non-hydrogen) atoms. The lowest BCUT2D eigenvalue weighted by Gasteiger charge is -2.30. The molecule has 3 aromatic carbocycles. The fourth-order valence-corrected chi connectivity index (χ4v) is 5.77. The highest BCUT2D eigenvalue weighted by Gasteiger charge is 2.35. The zero-order valence-corrected chi connectivity index (χ0v) is 27.9. The molecule has 5 rings (SSSR count). The second kappa shape index (κ2) is 16.9. The van der Waals surface area contributed by atoms with Gasteiger partial charge in [-0.25, -0.2) is 14.0 Å². The van der Waals surface area contributed by atoms with Gasteiger partial charge in [-0.3, -0.25) is 4.79 Å². The van der Waals surface area contributed by atoms with Crippen LogP contribution in [-0.2, 0) is 25.4 Å². The Bertz CT molecular complexity index is 1690. The van der Waals surface area contributed by atoms with Gasteiger partial charge in [0.25, 0.3) is 0 Å². The van der Waals surface area contributed by atoms with Crippen LogP contribution in [-0.4, -0.2) is 82.7 Å². The van der Waals surface area contributed by atoms with E-state index in [1.165, 1.54) is 19.2 Å². The first-order valence-corrected chi connectivity index (χ1v) is 16.2. The summed E-state index contributed by atoms with van der Waals surface area (Å²) in [6.45, 7) is -1.32. The minimum Gasteiger partial charge on any atom is -0.454 e. The van der Waals surface area contributed by atoms with Gasteiger partial charge < -0.3 is 45.0 Å². The third kappa shape index (κ3) is 10.4. The lowest BCUT2D eigenvalue weighted by Crippen LogP contribution is -2.49. The fourth-order valence-electron chi connectivity index (χ4n) is 5.65. The number of carbonyl (C=O) groups excluding carboxylic acids is 3. The molecule has 2 heterocycles. The zero-order chi connectivity index (χ0) is 36.5. The van der Waals surface area contributed by atoms with E-state index in [0.29, 0.717) is 34.1 Å². The number of nitrogens with one attached hydrogen (secondary N) is 4. The third-order valence-electron chi connectivity index (χ3n) is 8.17. The molecule has 17 heteroatoms. The number of hydrogen-bond donors (Lipinski definition) is 4. The van der Waals surface area contributed by atoms with Crippen LogP contribution in [0, 0.1) is 5.82 Å². The van der Waals surface area contributed by atoms with Crippen LogP contribution in [0.3, 0.4) is 0 Å². The molecule has 1 fully saturated rings. The molecule has 3 aromatic rings. The largest absolute Gasteiger partial charge is 0.454 e. The molecule has 1 saturated heterocycles. The summed E-state index contributed by atoms with van der Waals surface area (Å²) in [6.07, 6.45) is -6.56. The predicted octanol–water partition coefficient (Wildman–Crippen LogP) is 5.28. The maximum atomic E-state index is 15.3. The van der Waals surface area contributed by atoms with Crippen LogP contribution in [0.2, 0.25) is 5.02 Å². The van der Waals surface area contributed by atoms with Crippen LogP contribution in [0.4, 0.5) is 32.8 Å². The second-order valence-corrected chi connectivity index (χ2v) is 12.1. The molecule has 0 aliphatic carbocycles. The molecule has 2 aliphatic heterocycles. The van der Waals surface area contributed by atoms with E-state index in [1.54, 1.807) is 53.8 Å². The molecule has 3 amide bonds. The van der Waals surface area contributed by atoms with Gasteiger partial charge in [-0.15, -0.1) is 0 Å². The molecule has 12 nitrogen and oxygen atoms in total. The first-order chi connectivity index (χ1) is 24.4. The minimum atomic E-state index is -4.56. The van der Waals surface area contributed by atoms with E-state index in [0.717, 1.165) is 0 Å². The number of amides is 3. The van der Waals surface area contributed by atoms with Crippen molar-refractivity contribution in [2.24, 2.45) is 0 Å². The van der Waals surface area contributed by atoms with Crippen molar-refractivity contribution < 1.29 is 55.6 Å². The van der Waals surface area contributed by atoms with Crippen molar-refractivity contribution in [3.05, 3.63) is 88.2 Å². The number of benzene rings is 3. The molecule has 0 unspecified atom stereocenters. The van der Waals surface area contributed by atoms with Gasteiger partial charge in [-0.1, -0.05) is 35.9 Å². The number of halogens is 5. The van der Waals surface area contributed by atoms with Gasteiger partial charge in [0.15, 0.2) is 11.5 Å². The number of methoxy groups -OCH3 is 1. The number of ether oxygens (including phenoxy) is 5. The van der Waals surface area contributed by atoms with Gasteiger partial charge in [-0.05, 0) is 60.4 Å². The fraction of sp³-hybridized carbons (Fsp3) is 0.382. The number of morpholine rings is 1. The molecule has 0 saturated carbocycles. The van der Waals surface area contributed by atoms with Gasteiger partial charge in [0.05, 0.1) is 25.9 Å². The van der Waals surface area contributed by atoms with Crippen LogP contribution in [0.5, 0.6) is 11.5 Å². The van der Waals surface area contributed by atoms with E-state index in [2.05, 4.69) is 16.0 Å². The Labute approximate surface area is 295 Å². The predicted molar refractivity (Wildman–Crippen MR) is 175 cm³/mol. The lowest BCUT2D eigenvalue weighted by molar-refractivity contribution is -0.124. The first kappa shape index (κ1) is 37.5. The van der Waals surface area contributed by atoms with Gasteiger partial charge in [-0.2, -0.15) is 13.2 Å². The standard InChI is InChI=1S/C34H35ClF4N4O8/c1-47-33(46)43-30(29(19-5-8-21(35)9-6-19)20-7-12-27-28(13-20)51-18-50-27)31(44)42-26-4-2-3-25(36)24(26)11-10-23-14-40-22(15-48-23)16-49-32(45)41-17-34(37,38)39/h2-9,12-13,22-23,29-30,40H,10-11,14-18H2,1H3,(H,41,45)(H,42,44)(H,43,46)/t22-,23+,29-,30-/m0/s1. The average molecular weight is 739 g/mol. The summed E-state index contributed by atoms with van der Waals surface area (Å²) in [4.78, 5) is 38.3. The van der Waals surface area contributed by atoms with Crippen molar-refractivity contribution in [1.82, 2.24) is 16.0 Å². The van der Waals surface area contributed by atoms with Crippen LogP contribution in [0.15, 0.2) is 60.7 Å². The SMILES string of the molecule is COC(=O)N[C@H](C(=O)Nc1cccc(F)c1CC[C@@H]1CN[C@H](COC(=O)NCC(F)(F)F)CO1)[C@@H](c1ccc(Cl)cc1)c1ccc2c(c1)OCO2. The van der Waals surface area contributed by atoms with Crippen molar-refractivity contribution in [3.63, 3.8) is 0 Å². The third-order valence-corrected chi connectivity index (χ3v) is 8.42. The van der Waals surface area contributed by atoms with Crippen LogP contribution >= 0.6 is 11.6 Å². The molecule has 274 valence electrons. The molecular weight excluding hydrogens is 704 g/mol. The van der Waals surface area contributed by atoms with Gasteiger partial charge >= 0.3 is 18.4 Å². The number of alkyl carbamates (subject to hydrolysis) is 2. The summed E-state index contributed by atoms with van der Waals surface area (Å²) < 4.78 is 78.7. The number of anilines is 1. The Kier molecular flexibility index (Phi) is 12.4. The number of alkyl halides is 3. The van der Waals surface area contributed by atoms with E-state index >= 15 is 4.39 Å². The summed E-state index contributed by atoms with van der Waals surface area (Å²) in [5.74, 6) is -1.05. The Hall–Kier alpha value is -4.80. The summed E-state index contributed by atoms with van der Waals surface area (Å²) >= 11 is 6.16. The minimum absolute atomic E-state index is 0.0289. The Balaban J connectivity index is 1.28. The second-order valence-electron chi connectivity index (χ2n) is 11.7. The number of rotatable bonds is 12. The van der Waals surface area contributed by atoms with E-state index < -0.39 is 60.7 Å². The topological polar surface area (TPSA) is 145 Å². The van der Waals surface area contributed by atoms with E-state index in [9.17, 15) is 27.6 Å². The van der Waals surface area contributed by atoms with E-state index in [1.807, 2.05) is 0 Å². The number of hydrogen-bond acceptors (Lipinski definition) is 9. The normalized spacial score (nSPS) is 17.9. The lowest BCUT2D eigenvalue weighted by atomic mass is 9.84. The molecule has 2 aliphatic rings. The van der Waals surface area contributed by atoms with Crippen molar-refractivity contribution in [2.45, 2.75) is 43.1 Å². The summed E-state index contributed by atoms with van der Waals surface area (Å²) in [5, 5.41) is 10.6.